The summed E-state index contributed by atoms with van der Waals surface area (Å²) in [5, 5.41) is 9.76. The van der Waals surface area contributed by atoms with E-state index in [0.29, 0.717) is 22.3 Å². The van der Waals surface area contributed by atoms with Gasteiger partial charge in [0.05, 0.1) is 10.0 Å². The van der Waals surface area contributed by atoms with E-state index < -0.39 is 0 Å². The molecule has 3 rings (SSSR count). The molecule has 132 valence electrons. The van der Waals surface area contributed by atoms with Crippen LogP contribution in [0.25, 0.3) is 0 Å². The fourth-order valence-corrected chi connectivity index (χ4v) is 3.03. The smallest absolute Gasteiger partial charge is 0.319 e. The molecule has 2 amide bonds. The number of aryl methyl sites for hydroxylation is 2. The van der Waals surface area contributed by atoms with Crippen LogP contribution in [0.2, 0.25) is 10.0 Å². The number of rotatable bonds is 5. The van der Waals surface area contributed by atoms with Gasteiger partial charge in [-0.2, -0.15) is 0 Å². The summed E-state index contributed by atoms with van der Waals surface area (Å²) in [5.41, 5.74) is 2.93. The van der Waals surface area contributed by atoms with Gasteiger partial charge < -0.3 is 16.0 Å². The lowest BCUT2D eigenvalue weighted by molar-refractivity contribution is 0.252. The predicted molar refractivity (Wildman–Crippen MR) is 103 cm³/mol. The number of nitrogens with one attached hydrogen (secondary N) is 3. The van der Waals surface area contributed by atoms with Crippen molar-refractivity contribution in [1.82, 2.24) is 10.3 Å². The van der Waals surface area contributed by atoms with Crippen LogP contribution in [-0.4, -0.2) is 24.1 Å². The highest BCUT2D eigenvalue weighted by Crippen LogP contribution is 2.25. The number of amides is 2. The summed E-state index contributed by atoms with van der Waals surface area (Å²) >= 11 is 11.8. The molecule has 1 aliphatic heterocycles. The maximum absolute atomic E-state index is 11.9. The van der Waals surface area contributed by atoms with Crippen LogP contribution in [0.3, 0.4) is 0 Å². The maximum atomic E-state index is 11.9. The highest BCUT2D eigenvalue weighted by Gasteiger charge is 2.10. The van der Waals surface area contributed by atoms with Crippen LogP contribution in [0, 0.1) is 0 Å². The summed E-state index contributed by atoms with van der Waals surface area (Å²) in [5.74, 6) is 1.01. The van der Waals surface area contributed by atoms with Gasteiger partial charge in [-0.1, -0.05) is 29.3 Å². The van der Waals surface area contributed by atoms with Gasteiger partial charge in [-0.25, -0.2) is 9.78 Å². The molecule has 0 fully saturated rings. The topological polar surface area (TPSA) is 66.0 Å². The van der Waals surface area contributed by atoms with Crippen molar-refractivity contribution in [3.63, 3.8) is 0 Å². The zero-order valence-corrected chi connectivity index (χ0v) is 15.3. The molecule has 0 bridgehead atoms. The molecule has 0 spiro atoms. The largest absolute Gasteiger partial charge is 0.370 e. The van der Waals surface area contributed by atoms with Crippen molar-refractivity contribution < 1.29 is 4.79 Å². The SMILES string of the molecule is O=C(NCCCc1ccc2c(n1)NCCC2)Nc1ccc(Cl)c(Cl)c1. The minimum Gasteiger partial charge on any atom is -0.370 e. The van der Waals surface area contributed by atoms with E-state index in [0.717, 1.165) is 43.7 Å². The van der Waals surface area contributed by atoms with Gasteiger partial charge in [0.2, 0.25) is 0 Å². The van der Waals surface area contributed by atoms with E-state index in [-0.39, 0.29) is 6.03 Å². The van der Waals surface area contributed by atoms with Gasteiger partial charge >= 0.3 is 6.03 Å². The molecule has 1 aromatic heterocycles. The lowest BCUT2D eigenvalue weighted by Gasteiger charge is -2.17. The lowest BCUT2D eigenvalue weighted by atomic mass is 10.1. The standard InChI is InChI=1S/C18H20Cl2N4O/c19-15-8-7-14(11-16(15)20)24-18(25)22-10-2-4-13-6-5-12-3-1-9-21-17(12)23-13/h5-8,11H,1-4,9-10H2,(H,21,23)(H2,22,24,25). The van der Waals surface area contributed by atoms with Crippen LogP contribution in [-0.2, 0) is 12.8 Å². The Morgan fingerprint density at radius 3 is 2.92 bits per heavy atom. The van der Waals surface area contributed by atoms with Crippen LogP contribution in [0.5, 0.6) is 0 Å². The summed E-state index contributed by atoms with van der Waals surface area (Å²) in [4.78, 5) is 16.5. The number of halogens is 2. The Morgan fingerprint density at radius 2 is 2.08 bits per heavy atom. The third kappa shape index (κ3) is 5.00. The molecule has 0 saturated heterocycles. The fraction of sp³-hybridized carbons (Fsp3) is 0.333. The number of nitrogens with zero attached hydrogens (tertiary/aromatic N) is 1. The third-order valence-electron chi connectivity index (χ3n) is 4.02. The van der Waals surface area contributed by atoms with E-state index in [1.54, 1.807) is 18.2 Å². The number of carbonyl (C=O) groups is 1. The van der Waals surface area contributed by atoms with E-state index in [2.05, 4.69) is 33.1 Å². The zero-order valence-electron chi connectivity index (χ0n) is 13.7. The maximum Gasteiger partial charge on any atom is 0.319 e. The van der Waals surface area contributed by atoms with Crippen molar-refractivity contribution in [1.29, 1.82) is 0 Å². The van der Waals surface area contributed by atoms with Crippen LogP contribution in [0.15, 0.2) is 30.3 Å². The van der Waals surface area contributed by atoms with Gasteiger partial charge in [0.25, 0.3) is 0 Å². The van der Waals surface area contributed by atoms with Gasteiger partial charge in [0.1, 0.15) is 5.82 Å². The highest BCUT2D eigenvalue weighted by molar-refractivity contribution is 6.42. The number of urea groups is 1. The monoisotopic (exact) mass is 378 g/mol. The predicted octanol–water partition coefficient (Wildman–Crippen LogP) is 4.50. The Hall–Kier alpha value is -1.98. The number of benzene rings is 1. The molecule has 0 saturated carbocycles. The first-order valence-electron chi connectivity index (χ1n) is 8.34. The average molecular weight is 379 g/mol. The van der Waals surface area contributed by atoms with Crippen LogP contribution >= 0.6 is 23.2 Å². The molecule has 25 heavy (non-hydrogen) atoms. The van der Waals surface area contributed by atoms with Gasteiger partial charge in [-0.15, -0.1) is 0 Å². The Labute approximate surface area is 157 Å². The average Bonchev–Trinajstić information content (AvgIpc) is 2.62. The summed E-state index contributed by atoms with van der Waals surface area (Å²) in [6, 6.07) is 8.93. The van der Waals surface area contributed by atoms with Gasteiger partial charge in [-0.3, -0.25) is 0 Å². The lowest BCUT2D eigenvalue weighted by Crippen LogP contribution is -2.29. The number of aromatic nitrogens is 1. The molecule has 1 aromatic carbocycles. The minimum absolute atomic E-state index is 0.265. The number of pyridine rings is 1. The molecule has 7 heteroatoms. The molecule has 1 aliphatic rings. The Balaban J connectivity index is 1.42. The number of fused-ring (bicyclic) bond motifs is 1. The Kier molecular flexibility index (Phi) is 6.00. The second-order valence-electron chi connectivity index (χ2n) is 5.95. The first-order chi connectivity index (χ1) is 12.1. The van der Waals surface area contributed by atoms with E-state index >= 15 is 0 Å². The molecular weight excluding hydrogens is 359 g/mol. The fourth-order valence-electron chi connectivity index (χ4n) is 2.73. The Morgan fingerprint density at radius 1 is 1.20 bits per heavy atom. The molecular formula is C18H20Cl2N4O. The van der Waals surface area contributed by atoms with E-state index in [9.17, 15) is 4.79 Å². The summed E-state index contributed by atoms with van der Waals surface area (Å²) in [7, 11) is 0. The first kappa shape index (κ1) is 17.8. The van der Waals surface area contributed by atoms with E-state index in [1.807, 2.05) is 0 Å². The van der Waals surface area contributed by atoms with Gasteiger partial charge in [-0.05, 0) is 55.5 Å². The summed E-state index contributed by atoms with van der Waals surface area (Å²) in [6.07, 6.45) is 3.89. The summed E-state index contributed by atoms with van der Waals surface area (Å²) in [6.45, 7) is 1.55. The molecule has 0 aliphatic carbocycles. The quantitative estimate of drug-likeness (QED) is 0.670. The molecule has 2 aromatic rings. The molecule has 3 N–H and O–H groups in total. The summed E-state index contributed by atoms with van der Waals surface area (Å²) < 4.78 is 0. The van der Waals surface area contributed by atoms with Gasteiger partial charge in [0, 0.05) is 24.5 Å². The van der Waals surface area contributed by atoms with Gasteiger partial charge in [0.15, 0.2) is 0 Å². The molecule has 5 nitrogen and oxygen atoms in total. The molecule has 0 radical (unpaired) electrons. The number of carbonyl (C=O) groups excluding carboxylic acids is 1. The molecule has 0 unspecified atom stereocenters. The van der Waals surface area contributed by atoms with Crippen molar-refractivity contribution >= 4 is 40.7 Å². The minimum atomic E-state index is -0.265. The third-order valence-corrected chi connectivity index (χ3v) is 4.76. The second kappa shape index (κ2) is 8.41. The van der Waals surface area contributed by atoms with Crippen molar-refractivity contribution in [2.45, 2.75) is 25.7 Å². The van der Waals surface area contributed by atoms with Crippen LogP contribution in [0.1, 0.15) is 24.1 Å². The van der Waals surface area contributed by atoms with Crippen molar-refractivity contribution in [3.05, 3.63) is 51.6 Å². The molecule has 0 atom stereocenters. The Bertz CT molecular complexity index is 767. The number of hydrogen-bond donors (Lipinski definition) is 3. The van der Waals surface area contributed by atoms with E-state index in [4.69, 9.17) is 23.2 Å². The van der Waals surface area contributed by atoms with Crippen molar-refractivity contribution in [3.8, 4) is 0 Å². The number of hydrogen-bond acceptors (Lipinski definition) is 3. The van der Waals surface area contributed by atoms with Crippen molar-refractivity contribution in [2.75, 3.05) is 23.7 Å². The van der Waals surface area contributed by atoms with E-state index in [1.165, 1.54) is 5.56 Å². The van der Waals surface area contributed by atoms with Crippen LogP contribution < -0.4 is 16.0 Å². The molecule has 2 heterocycles. The second-order valence-corrected chi connectivity index (χ2v) is 6.77. The van der Waals surface area contributed by atoms with Crippen molar-refractivity contribution in [2.24, 2.45) is 0 Å². The highest BCUT2D eigenvalue weighted by atomic mass is 35.5. The zero-order chi connectivity index (χ0) is 17.6. The van der Waals surface area contributed by atoms with Crippen LogP contribution in [0.4, 0.5) is 16.3 Å². The first-order valence-corrected chi connectivity index (χ1v) is 9.10. The normalized spacial score (nSPS) is 12.9. The number of anilines is 2.